The average molecular weight is 709 g/mol. The second-order valence-corrected chi connectivity index (χ2v) is 15.6. The van der Waals surface area contributed by atoms with Crippen molar-refractivity contribution in [3.63, 3.8) is 0 Å². The molecular formula is C39H52N2O10. The number of fused-ring (bicyclic) bond motifs is 6. The lowest BCUT2D eigenvalue weighted by atomic mass is 9.58. The molecule has 13 atom stereocenters. The van der Waals surface area contributed by atoms with Crippen LogP contribution >= 0.6 is 0 Å². The number of carboxylic acids is 1. The van der Waals surface area contributed by atoms with E-state index in [0.29, 0.717) is 24.2 Å². The minimum absolute atomic E-state index is 0.0670. The third-order valence-corrected chi connectivity index (χ3v) is 12.7. The molecule has 1 aliphatic carbocycles. The number of hydrogen-bond acceptors (Lipinski definition) is 11. The molecule has 8 aliphatic rings. The fourth-order valence-corrected chi connectivity index (χ4v) is 9.85. The predicted octanol–water partition coefficient (Wildman–Crippen LogP) is 5.78. The summed E-state index contributed by atoms with van der Waals surface area (Å²) < 4.78 is 23.1. The Morgan fingerprint density at radius 2 is 1.96 bits per heavy atom. The number of aliphatic carboxylic acids is 1. The van der Waals surface area contributed by atoms with Gasteiger partial charge in [-0.1, -0.05) is 19.9 Å². The van der Waals surface area contributed by atoms with Gasteiger partial charge in [0.2, 0.25) is 12.1 Å². The van der Waals surface area contributed by atoms with Crippen molar-refractivity contribution in [1.82, 2.24) is 9.88 Å². The van der Waals surface area contributed by atoms with E-state index >= 15 is 0 Å². The number of aliphatic hydroxyl groups is 1. The summed E-state index contributed by atoms with van der Waals surface area (Å²) in [5.41, 5.74) is 1.15. The molecule has 1 saturated carbocycles. The van der Waals surface area contributed by atoms with Gasteiger partial charge >= 0.3 is 11.9 Å². The highest BCUT2D eigenvalue weighted by atomic mass is 17.3. The lowest BCUT2D eigenvalue weighted by Crippen LogP contribution is -2.70. The summed E-state index contributed by atoms with van der Waals surface area (Å²) in [6.45, 7) is 12.1. The van der Waals surface area contributed by atoms with Crippen LogP contribution in [0.25, 0.3) is 10.9 Å². The number of ether oxygens (including phenoxy) is 4. The van der Waals surface area contributed by atoms with Crippen molar-refractivity contribution >= 4 is 22.8 Å². The number of pyridine rings is 1. The van der Waals surface area contributed by atoms with Crippen LogP contribution in [-0.4, -0.2) is 82.2 Å². The molecule has 1 unspecified atom stereocenters. The van der Waals surface area contributed by atoms with Crippen molar-refractivity contribution in [1.29, 1.82) is 0 Å². The number of carbonyl (C=O) groups is 2. The lowest BCUT2D eigenvalue weighted by molar-refractivity contribution is -0.576. The highest BCUT2D eigenvalue weighted by Gasteiger charge is 2.69. The summed E-state index contributed by atoms with van der Waals surface area (Å²) in [6.07, 6.45) is 7.34. The number of esters is 1. The maximum atomic E-state index is 12.1. The van der Waals surface area contributed by atoms with Crippen LogP contribution in [0.1, 0.15) is 83.8 Å². The molecule has 8 heterocycles. The van der Waals surface area contributed by atoms with Crippen molar-refractivity contribution < 1.29 is 48.5 Å². The minimum Gasteiger partial charge on any atom is -0.497 e. The highest BCUT2D eigenvalue weighted by Crippen LogP contribution is 2.60. The van der Waals surface area contributed by atoms with Gasteiger partial charge in [-0.05, 0) is 99.1 Å². The number of carboxylic acid groups (broad SMARTS) is 1. The molecule has 0 amide bonds. The molecule has 7 aliphatic heterocycles. The molecule has 1 aromatic heterocycles. The van der Waals surface area contributed by atoms with Crippen molar-refractivity contribution in [3.05, 3.63) is 48.7 Å². The molecule has 10 rings (SSSR count). The van der Waals surface area contributed by atoms with Gasteiger partial charge in [-0.2, -0.15) is 0 Å². The van der Waals surface area contributed by atoms with E-state index in [0.717, 1.165) is 61.0 Å². The van der Waals surface area contributed by atoms with E-state index in [1.54, 1.807) is 13.3 Å². The van der Waals surface area contributed by atoms with Crippen molar-refractivity contribution in [2.75, 3.05) is 20.2 Å². The van der Waals surface area contributed by atoms with E-state index in [1.807, 2.05) is 38.1 Å². The Morgan fingerprint density at radius 1 is 1.14 bits per heavy atom. The van der Waals surface area contributed by atoms with E-state index in [1.165, 1.54) is 6.42 Å². The van der Waals surface area contributed by atoms with Crippen molar-refractivity contribution in [3.8, 4) is 5.75 Å². The molecule has 12 heteroatoms. The Kier molecular flexibility index (Phi) is 10.2. The maximum Gasteiger partial charge on any atom is 0.308 e. The molecular weight excluding hydrogens is 656 g/mol. The molecule has 51 heavy (non-hydrogen) atoms. The quantitative estimate of drug-likeness (QED) is 0.195. The van der Waals surface area contributed by atoms with Crippen LogP contribution in [0.15, 0.2) is 43.1 Å². The molecule has 2 aromatic rings. The first-order valence-corrected chi connectivity index (χ1v) is 18.5. The van der Waals surface area contributed by atoms with Crippen LogP contribution in [0.2, 0.25) is 0 Å². The smallest absolute Gasteiger partial charge is 0.308 e. The molecule has 1 spiro atoms. The highest BCUT2D eigenvalue weighted by molar-refractivity contribution is 5.84. The van der Waals surface area contributed by atoms with Gasteiger partial charge in [-0.15, -0.1) is 6.58 Å². The molecule has 278 valence electrons. The van der Waals surface area contributed by atoms with Gasteiger partial charge in [0.05, 0.1) is 31.6 Å². The van der Waals surface area contributed by atoms with Crippen LogP contribution < -0.4 is 4.74 Å². The Bertz CT molecular complexity index is 1620. The molecule has 8 fully saturated rings. The average Bonchev–Trinajstić information content (AvgIpc) is 3.37. The van der Waals surface area contributed by atoms with Crippen LogP contribution in [0.5, 0.6) is 5.75 Å². The van der Waals surface area contributed by atoms with E-state index in [-0.39, 0.29) is 36.6 Å². The SMILES string of the molecule is C=C[C@H]1CN2CC[C@@H]1C[C@H]2[C@H](O)c1ccnc2ccc(OC)cc12.C[C@H]1[C@@H](OC(=O)CCC(=O)O)O[C@@H]2O[C@@]3(C)CC[C@H]4[C@H](C)CC[C@@H]1[C@@]24OO3. The van der Waals surface area contributed by atoms with E-state index in [4.69, 9.17) is 33.8 Å². The van der Waals surface area contributed by atoms with Crippen LogP contribution in [-0.2, 0) is 33.6 Å². The zero-order valence-corrected chi connectivity index (χ0v) is 30.1. The number of piperidine rings is 3. The first-order valence-electron chi connectivity index (χ1n) is 18.5. The van der Waals surface area contributed by atoms with Crippen molar-refractivity contribution in [2.24, 2.45) is 35.5 Å². The lowest BCUT2D eigenvalue weighted by Gasteiger charge is -2.59. The summed E-state index contributed by atoms with van der Waals surface area (Å²) in [5.74, 6) is 0.183. The van der Waals surface area contributed by atoms with Crippen molar-refractivity contribution in [2.45, 2.75) is 108 Å². The Balaban J connectivity index is 0.000000160. The second-order valence-electron chi connectivity index (χ2n) is 15.6. The number of aromatic nitrogens is 1. The first kappa shape index (κ1) is 36.2. The zero-order valence-electron chi connectivity index (χ0n) is 30.1. The van der Waals surface area contributed by atoms with Gasteiger partial charge in [0.1, 0.15) is 5.75 Å². The normalized spacial score (nSPS) is 39.9. The molecule has 4 bridgehead atoms. The molecule has 1 aromatic carbocycles. The molecule has 12 nitrogen and oxygen atoms in total. The standard InChI is InChI=1S/C20H24N2O2.C19H28O8/c1-3-13-12-22-9-7-14(13)10-19(22)20(23)16-6-8-21-18-5-4-15(24-2)11-17(16)18;1-10-4-5-13-11(2)16(23-15(22)7-6-14(20)21)24-17-19(13)12(10)8-9-18(3,25-17)26-27-19/h3-6,8,11,13-14,19-20,23H,1,7,9-10,12H2,2H3;10-13,16-17H,4-9H2,1-3H3,(H,20,21)/t13-,14+,19-,20+;10-,11-,12+,13+,16+,17-,18-,19-/m01/s1. The summed E-state index contributed by atoms with van der Waals surface area (Å²) in [4.78, 5) is 41.4. The van der Waals surface area contributed by atoms with Crippen LogP contribution in [0.4, 0.5) is 0 Å². The number of benzene rings is 1. The van der Waals surface area contributed by atoms with E-state index < -0.39 is 42.0 Å². The summed E-state index contributed by atoms with van der Waals surface area (Å²) in [7, 11) is 1.66. The topological polar surface area (TPSA) is 146 Å². The fourth-order valence-electron chi connectivity index (χ4n) is 9.85. The fraction of sp³-hybridized carbons (Fsp3) is 0.667. The van der Waals surface area contributed by atoms with Gasteiger partial charge < -0.3 is 29.2 Å². The van der Waals surface area contributed by atoms with Crippen LogP contribution in [0.3, 0.4) is 0 Å². The largest absolute Gasteiger partial charge is 0.497 e. The van der Waals surface area contributed by atoms with Crippen LogP contribution in [0, 0.1) is 35.5 Å². The van der Waals surface area contributed by atoms with Gasteiger partial charge in [-0.25, -0.2) is 9.78 Å². The van der Waals surface area contributed by atoms with Gasteiger partial charge in [-0.3, -0.25) is 19.5 Å². The Morgan fingerprint density at radius 3 is 2.69 bits per heavy atom. The number of nitrogens with zero attached hydrogens (tertiary/aromatic N) is 2. The summed E-state index contributed by atoms with van der Waals surface area (Å²) in [5, 5.41) is 20.9. The number of aliphatic hydroxyl groups excluding tert-OH is 1. The maximum absolute atomic E-state index is 12.1. The Labute approximate surface area is 299 Å². The number of rotatable bonds is 8. The van der Waals surface area contributed by atoms with Gasteiger partial charge in [0, 0.05) is 42.4 Å². The number of carbonyl (C=O) groups excluding carboxylic acids is 1. The molecule has 0 radical (unpaired) electrons. The number of hydrogen-bond donors (Lipinski definition) is 2. The minimum atomic E-state index is -1.03. The third-order valence-electron chi connectivity index (χ3n) is 12.7. The zero-order chi connectivity index (χ0) is 36.1. The molecule has 7 saturated heterocycles. The van der Waals surface area contributed by atoms with Gasteiger partial charge in [0.25, 0.3) is 0 Å². The van der Waals surface area contributed by atoms with Gasteiger partial charge in [0.15, 0.2) is 11.9 Å². The second kappa shape index (κ2) is 14.4. The monoisotopic (exact) mass is 708 g/mol. The molecule has 2 N–H and O–H groups in total. The summed E-state index contributed by atoms with van der Waals surface area (Å²) in [6, 6.07) is 7.96. The van der Waals surface area contributed by atoms with E-state index in [2.05, 4.69) is 29.5 Å². The number of methoxy groups -OCH3 is 1. The third kappa shape index (κ3) is 6.68. The summed E-state index contributed by atoms with van der Waals surface area (Å²) >= 11 is 0. The predicted molar refractivity (Wildman–Crippen MR) is 185 cm³/mol. The first-order chi connectivity index (χ1) is 24.5. The Hall–Kier alpha value is -3.13. The van der Waals surface area contributed by atoms with E-state index in [9.17, 15) is 14.7 Å².